The SMILES string of the molecule is CC(C)[Si](O[C@H]1[C@@H](CO)O[C@H](n2ccc(=O)[nH]c2=O)C1(C)F)(C(C)C)C(C)C. The Bertz CT molecular complexity index is 767. The first-order valence-corrected chi connectivity index (χ1v) is 12.0. The summed E-state index contributed by atoms with van der Waals surface area (Å²) in [4.78, 5) is 25.7. The van der Waals surface area contributed by atoms with E-state index in [9.17, 15) is 14.7 Å². The molecule has 7 nitrogen and oxygen atoms in total. The maximum Gasteiger partial charge on any atom is 0.330 e. The molecule has 0 spiro atoms. The third-order valence-corrected chi connectivity index (χ3v) is 12.1. The molecular formula is C19H33FN2O5Si. The molecule has 1 aromatic rings. The van der Waals surface area contributed by atoms with Crippen molar-refractivity contribution in [3.05, 3.63) is 33.1 Å². The van der Waals surface area contributed by atoms with Gasteiger partial charge in [0.2, 0.25) is 8.32 Å². The summed E-state index contributed by atoms with van der Waals surface area (Å²) in [6.07, 6.45) is -2.04. The zero-order valence-corrected chi connectivity index (χ0v) is 18.7. The molecule has 28 heavy (non-hydrogen) atoms. The number of aromatic nitrogens is 2. The molecule has 2 rings (SSSR count). The summed E-state index contributed by atoms with van der Waals surface area (Å²) in [6.45, 7) is 13.5. The average Bonchev–Trinajstić information content (AvgIpc) is 2.81. The Morgan fingerprint density at radius 3 is 2.21 bits per heavy atom. The van der Waals surface area contributed by atoms with Gasteiger partial charge >= 0.3 is 5.69 Å². The topological polar surface area (TPSA) is 93.5 Å². The molecule has 2 heterocycles. The van der Waals surface area contributed by atoms with Gasteiger partial charge in [-0.2, -0.15) is 0 Å². The van der Waals surface area contributed by atoms with Crippen LogP contribution in [0.5, 0.6) is 0 Å². The predicted octanol–water partition coefficient (Wildman–Crippen LogP) is 2.72. The number of nitrogens with zero attached hydrogens (tertiary/aromatic N) is 1. The van der Waals surface area contributed by atoms with Gasteiger partial charge in [-0.15, -0.1) is 0 Å². The quantitative estimate of drug-likeness (QED) is 0.667. The van der Waals surface area contributed by atoms with Gasteiger partial charge in [-0.3, -0.25) is 14.3 Å². The number of aliphatic hydroxyl groups excluding tert-OH is 1. The molecule has 0 aliphatic carbocycles. The standard InChI is InChI=1S/C19H33FN2O5Si/c1-11(2)28(12(3)4,13(5)6)27-16-14(10-23)26-17(19(16,7)20)22-9-8-15(24)21-18(22)25/h8-9,11-14,16-17,23H,10H2,1-7H3,(H,21,24,25)/t14-,16+,17+,19?/m1/s1. The van der Waals surface area contributed by atoms with E-state index < -0.39 is 50.3 Å². The number of aromatic amines is 1. The van der Waals surface area contributed by atoms with Crippen molar-refractivity contribution < 1.29 is 18.7 Å². The minimum atomic E-state index is -2.47. The highest BCUT2D eigenvalue weighted by atomic mass is 28.4. The van der Waals surface area contributed by atoms with Crippen LogP contribution in [0.25, 0.3) is 0 Å². The minimum Gasteiger partial charge on any atom is -0.407 e. The number of rotatable bonds is 7. The smallest absolute Gasteiger partial charge is 0.330 e. The lowest BCUT2D eigenvalue weighted by molar-refractivity contribution is -0.0611. The summed E-state index contributed by atoms with van der Waals surface area (Å²) in [5, 5.41) is 9.86. The zero-order chi connectivity index (χ0) is 21.4. The van der Waals surface area contributed by atoms with Crippen LogP contribution in [0.15, 0.2) is 21.9 Å². The van der Waals surface area contributed by atoms with Crippen LogP contribution in [-0.4, -0.2) is 47.5 Å². The van der Waals surface area contributed by atoms with Crippen molar-refractivity contribution in [2.75, 3.05) is 6.61 Å². The van der Waals surface area contributed by atoms with E-state index >= 15 is 4.39 Å². The van der Waals surface area contributed by atoms with Gasteiger partial charge in [0.05, 0.1) is 6.61 Å². The van der Waals surface area contributed by atoms with E-state index in [2.05, 4.69) is 46.5 Å². The van der Waals surface area contributed by atoms with Crippen LogP contribution >= 0.6 is 0 Å². The number of ether oxygens (including phenoxy) is 1. The van der Waals surface area contributed by atoms with Crippen molar-refractivity contribution in [1.82, 2.24) is 9.55 Å². The summed E-state index contributed by atoms with van der Waals surface area (Å²) < 4.78 is 29.4. The van der Waals surface area contributed by atoms with Crippen molar-refractivity contribution in [2.45, 2.75) is 89.2 Å². The molecule has 2 N–H and O–H groups in total. The van der Waals surface area contributed by atoms with E-state index in [1.54, 1.807) is 0 Å². The number of nitrogens with one attached hydrogen (secondary N) is 1. The minimum absolute atomic E-state index is 0.220. The van der Waals surface area contributed by atoms with E-state index in [4.69, 9.17) is 9.16 Å². The molecule has 1 aliphatic heterocycles. The lowest BCUT2D eigenvalue weighted by Crippen LogP contribution is -2.56. The Hall–Kier alpha value is -1.29. The van der Waals surface area contributed by atoms with Crippen molar-refractivity contribution in [3.8, 4) is 0 Å². The summed E-state index contributed by atoms with van der Waals surface area (Å²) >= 11 is 0. The van der Waals surface area contributed by atoms with Crippen LogP contribution in [-0.2, 0) is 9.16 Å². The highest BCUT2D eigenvalue weighted by Gasteiger charge is 2.60. The van der Waals surface area contributed by atoms with Crippen molar-refractivity contribution in [3.63, 3.8) is 0 Å². The third kappa shape index (κ3) is 3.77. The van der Waals surface area contributed by atoms with Crippen LogP contribution in [0.2, 0.25) is 16.6 Å². The van der Waals surface area contributed by atoms with Crippen LogP contribution in [0.4, 0.5) is 4.39 Å². The van der Waals surface area contributed by atoms with E-state index in [0.29, 0.717) is 0 Å². The summed E-state index contributed by atoms with van der Waals surface area (Å²) in [5.41, 5.74) is -2.75. The third-order valence-electron chi connectivity index (χ3n) is 6.00. The number of hydrogen-bond donors (Lipinski definition) is 2. The highest BCUT2D eigenvalue weighted by molar-refractivity contribution is 6.77. The summed E-state index contributed by atoms with van der Waals surface area (Å²) in [7, 11) is -2.47. The second-order valence-corrected chi connectivity index (χ2v) is 14.1. The Morgan fingerprint density at radius 1 is 1.25 bits per heavy atom. The van der Waals surface area contributed by atoms with Crippen molar-refractivity contribution >= 4 is 8.32 Å². The molecule has 4 atom stereocenters. The van der Waals surface area contributed by atoms with Gasteiger partial charge in [-0.25, -0.2) is 9.18 Å². The molecule has 1 fully saturated rings. The van der Waals surface area contributed by atoms with Gasteiger partial charge in [0.1, 0.15) is 12.2 Å². The number of aliphatic hydroxyl groups is 1. The molecule has 1 aromatic heterocycles. The second-order valence-electron chi connectivity index (χ2n) is 8.73. The lowest BCUT2D eigenvalue weighted by atomic mass is 9.98. The van der Waals surface area contributed by atoms with Crippen LogP contribution in [0.3, 0.4) is 0 Å². The van der Waals surface area contributed by atoms with Crippen molar-refractivity contribution in [1.29, 1.82) is 0 Å². The van der Waals surface area contributed by atoms with Gasteiger partial charge in [0.25, 0.3) is 5.56 Å². The molecule has 0 radical (unpaired) electrons. The fraction of sp³-hybridized carbons (Fsp3) is 0.789. The molecule has 9 heteroatoms. The highest BCUT2D eigenvalue weighted by Crippen LogP contribution is 2.49. The molecular weight excluding hydrogens is 383 g/mol. The molecule has 1 saturated heterocycles. The lowest BCUT2D eigenvalue weighted by Gasteiger charge is -2.46. The summed E-state index contributed by atoms with van der Waals surface area (Å²) in [6, 6.07) is 1.14. The van der Waals surface area contributed by atoms with E-state index in [0.717, 1.165) is 10.6 Å². The molecule has 1 aliphatic rings. The van der Waals surface area contributed by atoms with E-state index in [1.165, 1.54) is 13.1 Å². The van der Waals surface area contributed by atoms with Gasteiger partial charge < -0.3 is 14.3 Å². The van der Waals surface area contributed by atoms with E-state index in [-0.39, 0.29) is 16.6 Å². The maximum atomic E-state index is 16.1. The second kappa shape index (κ2) is 8.21. The van der Waals surface area contributed by atoms with Crippen LogP contribution < -0.4 is 11.2 Å². The molecule has 0 bridgehead atoms. The maximum absolute atomic E-state index is 16.1. The number of hydrogen-bond acceptors (Lipinski definition) is 5. The molecule has 1 unspecified atom stereocenters. The normalized spacial score (nSPS) is 28.6. The zero-order valence-electron chi connectivity index (χ0n) is 17.7. The first-order valence-electron chi connectivity index (χ1n) is 9.84. The van der Waals surface area contributed by atoms with Crippen LogP contribution in [0, 0.1) is 0 Å². The number of halogens is 1. The van der Waals surface area contributed by atoms with E-state index in [1.807, 2.05) is 0 Å². The molecule has 0 amide bonds. The number of alkyl halides is 1. The molecule has 0 aromatic carbocycles. The molecule has 0 saturated carbocycles. The van der Waals surface area contributed by atoms with Crippen molar-refractivity contribution in [2.24, 2.45) is 0 Å². The first-order chi connectivity index (χ1) is 12.9. The Morgan fingerprint density at radius 2 is 1.79 bits per heavy atom. The Labute approximate surface area is 166 Å². The average molecular weight is 417 g/mol. The Balaban J connectivity index is 2.51. The van der Waals surface area contributed by atoms with Crippen LogP contribution in [0.1, 0.15) is 54.7 Å². The van der Waals surface area contributed by atoms with Gasteiger partial charge in [-0.05, 0) is 23.5 Å². The fourth-order valence-corrected chi connectivity index (χ4v) is 10.4. The largest absolute Gasteiger partial charge is 0.407 e. The number of H-pyrrole nitrogens is 1. The Kier molecular flexibility index (Phi) is 6.74. The van der Waals surface area contributed by atoms with Gasteiger partial charge in [0, 0.05) is 12.3 Å². The monoisotopic (exact) mass is 416 g/mol. The predicted molar refractivity (Wildman–Crippen MR) is 108 cm³/mol. The summed E-state index contributed by atoms with van der Waals surface area (Å²) in [5.74, 6) is 0. The fourth-order valence-electron chi connectivity index (χ4n) is 4.78. The van der Waals surface area contributed by atoms with Gasteiger partial charge in [0.15, 0.2) is 11.9 Å². The van der Waals surface area contributed by atoms with Gasteiger partial charge in [-0.1, -0.05) is 41.5 Å². The molecule has 160 valence electrons. The first kappa shape index (κ1) is 23.0.